The first-order valence-electron chi connectivity index (χ1n) is 11.6. The van der Waals surface area contributed by atoms with Crippen molar-refractivity contribution in [1.82, 2.24) is 0 Å². The molecule has 2 heterocycles. The number of esters is 1. The van der Waals surface area contributed by atoms with Gasteiger partial charge in [-0.2, -0.15) is 0 Å². The van der Waals surface area contributed by atoms with Crippen molar-refractivity contribution in [1.29, 1.82) is 0 Å². The summed E-state index contributed by atoms with van der Waals surface area (Å²) in [5.41, 5.74) is 2.33. The fraction of sp³-hybridized carbons (Fsp3) is 0.333. The molecule has 0 bridgehead atoms. The first-order valence-corrected chi connectivity index (χ1v) is 11.6. The number of anilines is 2. The molecule has 0 saturated carbocycles. The molecule has 2 aromatic carbocycles. The maximum absolute atomic E-state index is 12.9. The molecular weight excluding hydrogens is 432 g/mol. The lowest BCUT2D eigenvalue weighted by atomic mass is 9.78. The number of imide groups is 1. The average molecular weight is 459 g/mol. The predicted molar refractivity (Wildman–Crippen MR) is 126 cm³/mol. The van der Waals surface area contributed by atoms with Crippen LogP contribution in [0, 0.1) is 30.6 Å². The van der Waals surface area contributed by atoms with Crippen LogP contribution in [0.15, 0.2) is 60.7 Å². The summed E-state index contributed by atoms with van der Waals surface area (Å²) >= 11 is 0. The van der Waals surface area contributed by atoms with E-state index in [4.69, 9.17) is 4.74 Å². The van der Waals surface area contributed by atoms with E-state index in [1.165, 1.54) is 4.90 Å². The Labute approximate surface area is 198 Å². The molecule has 3 amide bonds. The standard InChI is InChI=1S/C27H26N2O5/c1-16-6-8-19(9-7-16)28-15-18(14-23(28)30)27(33)34-21-12-10-20(11-13-21)29-25(31)22-5-3-4-17(2)24(22)26(29)32/h3-4,6-13,17-18,22,24H,5,14-15H2,1-2H3/t17-,18-,22-,24-/m1/s1. The van der Waals surface area contributed by atoms with E-state index in [9.17, 15) is 19.2 Å². The molecule has 0 radical (unpaired) electrons. The number of ether oxygens (including phenoxy) is 1. The number of nitrogens with zero attached hydrogens (tertiary/aromatic N) is 2. The highest BCUT2D eigenvalue weighted by Gasteiger charge is 2.50. The van der Waals surface area contributed by atoms with Gasteiger partial charge in [0.15, 0.2) is 0 Å². The summed E-state index contributed by atoms with van der Waals surface area (Å²) in [6, 6.07) is 14.0. The number of amides is 3. The zero-order valence-corrected chi connectivity index (χ0v) is 19.1. The van der Waals surface area contributed by atoms with E-state index in [2.05, 4.69) is 0 Å². The zero-order chi connectivity index (χ0) is 24.0. The Hall–Kier alpha value is -3.74. The molecular formula is C27H26N2O5. The van der Waals surface area contributed by atoms with E-state index < -0.39 is 11.9 Å². The quantitative estimate of drug-likeness (QED) is 0.302. The van der Waals surface area contributed by atoms with Gasteiger partial charge in [-0.15, -0.1) is 0 Å². The number of fused-ring (bicyclic) bond motifs is 1. The second kappa shape index (κ2) is 8.56. The number of hydrogen-bond donors (Lipinski definition) is 0. The van der Waals surface area contributed by atoms with Gasteiger partial charge in [-0.1, -0.05) is 36.8 Å². The van der Waals surface area contributed by atoms with Crippen LogP contribution >= 0.6 is 0 Å². The topological polar surface area (TPSA) is 84.0 Å². The minimum absolute atomic E-state index is 0.0222. The Morgan fingerprint density at radius 2 is 1.62 bits per heavy atom. The van der Waals surface area contributed by atoms with Gasteiger partial charge in [0.2, 0.25) is 17.7 Å². The molecule has 34 heavy (non-hydrogen) atoms. The van der Waals surface area contributed by atoms with Gasteiger partial charge in [0.05, 0.1) is 23.4 Å². The molecule has 2 aliphatic heterocycles. The van der Waals surface area contributed by atoms with Crippen molar-refractivity contribution in [3.63, 3.8) is 0 Å². The monoisotopic (exact) mass is 458 g/mol. The van der Waals surface area contributed by atoms with E-state index in [1.807, 2.05) is 50.3 Å². The molecule has 2 saturated heterocycles. The van der Waals surface area contributed by atoms with Gasteiger partial charge in [-0.05, 0) is 55.7 Å². The van der Waals surface area contributed by atoms with Gasteiger partial charge in [0.1, 0.15) is 5.75 Å². The van der Waals surface area contributed by atoms with Gasteiger partial charge in [0.25, 0.3) is 0 Å². The first-order chi connectivity index (χ1) is 16.3. The minimum atomic E-state index is -0.563. The summed E-state index contributed by atoms with van der Waals surface area (Å²) in [4.78, 5) is 53.8. The highest BCUT2D eigenvalue weighted by atomic mass is 16.5. The summed E-state index contributed by atoms with van der Waals surface area (Å²) in [5, 5.41) is 0. The van der Waals surface area contributed by atoms with Gasteiger partial charge in [0, 0.05) is 18.7 Å². The Balaban J connectivity index is 1.25. The van der Waals surface area contributed by atoms with Crippen LogP contribution in [0.3, 0.4) is 0 Å². The Kier molecular flexibility index (Phi) is 5.55. The molecule has 2 aromatic rings. The zero-order valence-electron chi connectivity index (χ0n) is 19.1. The van der Waals surface area contributed by atoms with Crippen LogP contribution in [0.1, 0.15) is 25.3 Å². The van der Waals surface area contributed by atoms with Gasteiger partial charge in [-0.25, -0.2) is 0 Å². The number of aryl methyl sites for hydroxylation is 1. The summed E-state index contributed by atoms with van der Waals surface area (Å²) < 4.78 is 5.52. The van der Waals surface area contributed by atoms with Gasteiger partial charge < -0.3 is 9.64 Å². The molecule has 7 nitrogen and oxygen atoms in total. The number of benzene rings is 2. The van der Waals surface area contributed by atoms with Crippen LogP contribution in [-0.4, -0.2) is 30.2 Å². The Morgan fingerprint density at radius 1 is 0.941 bits per heavy atom. The lowest BCUT2D eigenvalue weighted by Gasteiger charge is -2.22. The third-order valence-electron chi connectivity index (χ3n) is 6.99. The van der Waals surface area contributed by atoms with Crippen molar-refractivity contribution in [2.24, 2.45) is 23.7 Å². The molecule has 3 aliphatic rings. The van der Waals surface area contributed by atoms with Crippen LogP contribution in [0.5, 0.6) is 5.75 Å². The van der Waals surface area contributed by atoms with Crippen LogP contribution in [0.2, 0.25) is 0 Å². The molecule has 4 atom stereocenters. The fourth-order valence-electron chi connectivity index (χ4n) is 5.10. The smallest absolute Gasteiger partial charge is 0.316 e. The third-order valence-corrected chi connectivity index (χ3v) is 6.99. The molecule has 0 unspecified atom stereocenters. The second-order valence-electron chi connectivity index (χ2n) is 9.32. The Bertz CT molecular complexity index is 1180. The van der Waals surface area contributed by atoms with Crippen molar-refractivity contribution in [2.75, 3.05) is 16.3 Å². The number of hydrogen-bond acceptors (Lipinski definition) is 5. The molecule has 0 aromatic heterocycles. The van der Waals surface area contributed by atoms with E-state index in [0.29, 0.717) is 17.9 Å². The van der Waals surface area contributed by atoms with E-state index in [1.54, 1.807) is 29.2 Å². The molecule has 1 aliphatic carbocycles. The van der Waals surface area contributed by atoms with Crippen molar-refractivity contribution < 1.29 is 23.9 Å². The normalized spacial score (nSPS) is 26.2. The molecule has 2 fully saturated rings. The van der Waals surface area contributed by atoms with Crippen molar-refractivity contribution in [3.8, 4) is 5.75 Å². The van der Waals surface area contributed by atoms with Gasteiger partial charge >= 0.3 is 5.97 Å². The van der Waals surface area contributed by atoms with Crippen LogP contribution in [-0.2, 0) is 19.2 Å². The summed E-state index contributed by atoms with van der Waals surface area (Å²) in [6.07, 6.45) is 4.63. The predicted octanol–water partition coefficient (Wildman–Crippen LogP) is 3.66. The fourth-order valence-corrected chi connectivity index (χ4v) is 5.10. The maximum atomic E-state index is 12.9. The summed E-state index contributed by atoms with van der Waals surface area (Å²) in [5.74, 6) is -1.84. The van der Waals surface area contributed by atoms with Crippen LogP contribution < -0.4 is 14.5 Å². The number of carbonyl (C=O) groups excluding carboxylic acids is 4. The van der Waals surface area contributed by atoms with Crippen LogP contribution in [0.25, 0.3) is 0 Å². The molecule has 0 spiro atoms. The highest BCUT2D eigenvalue weighted by molar-refractivity contribution is 6.22. The Morgan fingerprint density at radius 3 is 2.29 bits per heavy atom. The molecule has 7 heteroatoms. The van der Waals surface area contributed by atoms with E-state index in [-0.39, 0.29) is 48.4 Å². The second-order valence-corrected chi connectivity index (χ2v) is 9.32. The summed E-state index contributed by atoms with van der Waals surface area (Å²) in [6.45, 7) is 4.20. The lowest BCUT2D eigenvalue weighted by Crippen LogP contribution is -2.31. The largest absolute Gasteiger partial charge is 0.426 e. The minimum Gasteiger partial charge on any atom is -0.426 e. The highest BCUT2D eigenvalue weighted by Crippen LogP contribution is 2.40. The molecule has 174 valence electrons. The number of carbonyl (C=O) groups is 4. The third kappa shape index (κ3) is 3.81. The molecule has 5 rings (SSSR count). The van der Waals surface area contributed by atoms with Crippen molar-refractivity contribution in [2.45, 2.75) is 26.7 Å². The lowest BCUT2D eigenvalue weighted by molar-refractivity contribution is -0.139. The number of rotatable bonds is 4. The van der Waals surface area contributed by atoms with Crippen LogP contribution in [0.4, 0.5) is 11.4 Å². The van der Waals surface area contributed by atoms with Crippen molar-refractivity contribution >= 4 is 35.1 Å². The van der Waals surface area contributed by atoms with E-state index >= 15 is 0 Å². The molecule has 0 N–H and O–H groups in total. The maximum Gasteiger partial charge on any atom is 0.316 e. The first kappa shape index (κ1) is 22.1. The SMILES string of the molecule is Cc1ccc(N2C[C@H](C(=O)Oc3ccc(N4C(=O)[C@@H]5[C@H](C)C=CC[C@H]5C4=O)cc3)CC2=O)cc1. The number of allylic oxidation sites excluding steroid dienone is 2. The average Bonchev–Trinajstić information content (AvgIpc) is 3.33. The van der Waals surface area contributed by atoms with Gasteiger partial charge in [-0.3, -0.25) is 24.1 Å². The van der Waals surface area contributed by atoms with Crippen molar-refractivity contribution in [3.05, 3.63) is 66.2 Å². The summed E-state index contributed by atoms with van der Waals surface area (Å²) in [7, 11) is 0. The van der Waals surface area contributed by atoms with E-state index in [0.717, 1.165) is 11.3 Å².